The first-order valence-corrected chi connectivity index (χ1v) is 10.4. The van der Waals surface area contributed by atoms with Gasteiger partial charge in [-0.15, -0.1) is 0 Å². The Morgan fingerprint density at radius 2 is 1.73 bits per heavy atom. The van der Waals surface area contributed by atoms with E-state index in [9.17, 15) is 18.4 Å². The van der Waals surface area contributed by atoms with Gasteiger partial charge in [0.15, 0.2) is 0 Å². The van der Waals surface area contributed by atoms with Gasteiger partial charge < -0.3 is 15.6 Å². The third-order valence-electron chi connectivity index (χ3n) is 5.87. The van der Waals surface area contributed by atoms with Crippen LogP contribution in [0.2, 0.25) is 0 Å². The van der Waals surface area contributed by atoms with Crippen molar-refractivity contribution in [1.29, 1.82) is 0 Å². The Morgan fingerprint density at radius 1 is 0.970 bits per heavy atom. The number of nitrogens with zero attached hydrogens (tertiary/aromatic N) is 3. The van der Waals surface area contributed by atoms with E-state index in [1.54, 1.807) is 18.5 Å². The third kappa shape index (κ3) is 3.61. The number of aromatic nitrogens is 3. The zero-order valence-corrected chi connectivity index (χ0v) is 17.4. The van der Waals surface area contributed by atoms with Crippen molar-refractivity contribution in [2.45, 2.75) is 12.8 Å². The SMILES string of the molecule is NC(=O)c1ccc(F)c(C(=O)c2c[nH]c3ncc(-c4ccc(N5CCCC5)nc4)cc23)c1F. The van der Waals surface area contributed by atoms with Gasteiger partial charge in [0.25, 0.3) is 5.91 Å². The molecule has 1 fully saturated rings. The number of anilines is 1. The molecule has 1 aliphatic heterocycles. The van der Waals surface area contributed by atoms with Crippen LogP contribution in [0.3, 0.4) is 0 Å². The molecule has 1 saturated heterocycles. The quantitative estimate of drug-likeness (QED) is 0.453. The molecule has 1 aromatic carbocycles. The average molecular weight is 447 g/mol. The molecule has 1 aliphatic rings. The number of nitrogens with two attached hydrogens (primary N) is 1. The number of benzene rings is 1. The third-order valence-corrected chi connectivity index (χ3v) is 5.87. The van der Waals surface area contributed by atoms with Crippen LogP contribution in [0.25, 0.3) is 22.2 Å². The van der Waals surface area contributed by atoms with Gasteiger partial charge in [-0.1, -0.05) is 0 Å². The van der Waals surface area contributed by atoms with E-state index in [4.69, 9.17) is 5.73 Å². The van der Waals surface area contributed by atoms with Gasteiger partial charge >= 0.3 is 0 Å². The Morgan fingerprint density at radius 3 is 2.42 bits per heavy atom. The summed E-state index contributed by atoms with van der Waals surface area (Å²) in [5, 5.41) is 0.393. The van der Waals surface area contributed by atoms with E-state index in [-0.39, 0.29) is 5.56 Å². The van der Waals surface area contributed by atoms with Crippen LogP contribution in [0.4, 0.5) is 14.6 Å². The molecule has 166 valence electrons. The molecule has 0 radical (unpaired) electrons. The van der Waals surface area contributed by atoms with Gasteiger partial charge in [-0.2, -0.15) is 0 Å². The largest absolute Gasteiger partial charge is 0.366 e. The summed E-state index contributed by atoms with van der Waals surface area (Å²) in [6.45, 7) is 1.97. The molecule has 0 spiro atoms. The Balaban J connectivity index is 1.54. The first-order valence-electron chi connectivity index (χ1n) is 10.4. The van der Waals surface area contributed by atoms with Gasteiger partial charge in [0.1, 0.15) is 23.1 Å². The number of hydrogen-bond acceptors (Lipinski definition) is 5. The molecule has 3 aromatic heterocycles. The summed E-state index contributed by atoms with van der Waals surface area (Å²) in [5.74, 6) is -3.46. The van der Waals surface area contributed by atoms with Crippen molar-refractivity contribution in [2.24, 2.45) is 5.73 Å². The second-order valence-corrected chi connectivity index (χ2v) is 7.90. The monoisotopic (exact) mass is 447 g/mol. The van der Waals surface area contributed by atoms with Gasteiger partial charge in [0.2, 0.25) is 5.78 Å². The molecule has 5 rings (SSSR count). The molecule has 1 amide bonds. The van der Waals surface area contributed by atoms with Crippen molar-refractivity contribution in [3.63, 3.8) is 0 Å². The molecule has 0 unspecified atom stereocenters. The maximum atomic E-state index is 14.7. The second kappa shape index (κ2) is 8.09. The Hall–Kier alpha value is -4.14. The fourth-order valence-electron chi connectivity index (χ4n) is 4.12. The normalized spacial score (nSPS) is 13.6. The topological polar surface area (TPSA) is 105 Å². The van der Waals surface area contributed by atoms with Gasteiger partial charge in [0, 0.05) is 53.8 Å². The summed E-state index contributed by atoms with van der Waals surface area (Å²) in [6.07, 6.45) is 7.01. The molecule has 0 saturated carbocycles. The number of rotatable bonds is 5. The number of halogens is 2. The lowest BCUT2D eigenvalue weighted by molar-refractivity contribution is 0.0996. The summed E-state index contributed by atoms with van der Waals surface area (Å²) in [5.41, 5.74) is 5.65. The molecule has 7 nitrogen and oxygen atoms in total. The minimum Gasteiger partial charge on any atom is -0.366 e. The van der Waals surface area contributed by atoms with Crippen molar-refractivity contribution < 1.29 is 18.4 Å². The van der Waals surface area contributed by atoms with Crippen LogP contribution in [-0.2, 0) is 0 Å². The van der Waals surface area contributed by atoms with Crippen molar-refractivity contribution in [3.8, 4) is 11.1 Å². The minimum absolute atomic E-state index is 0.0282. The number of amides is 1. The zero-order chi connectivity index (χ0) is 23.1. The summed E-state index contributed by atoms with van der Waals surface area (Å²) >= 11 is 0. The number of carbonyl (C=O) groups is 2. The molecule has 9 heteroatoms. The fourth-order valence-corrected chi connectivity index (χ4v) is 4.12. The van der Waals surface area contributed by atoms with Crippen LogP contribution >= 0.6 is 0 Å². The zero-order valence-electron chi connectivity index (χ0n) is 17.4. The molecule has 0 aliphatic carbocycles. The maximum absolute atomic E-state index is 14.7. The molecule has 4 aromatic rings. The lowest BCUT2D eigenvalue weighted by Gasteiger charge is -2.16. The number of primary amides is 1. The number of fused-ring (bicyclic) bond motifs is 1. The predicted molar refractivity (Wildman–Crippen MR) is 119 cm³/mol. The summed E-state index contributed by atoms with van der Waals surface area (Å²) in [6, 6.07) is 7.34. The van der Waals surface area contributed by atoms with E-state index in [1.165, 1.54) is 6.20 Å². The van der Waals surface area contributed by atoms with E-state index in [2.05, 4.69) is 19.9 Å². The Kier molecular flexibility index (Phi) is 5.08. The molecular weight excluding hydrogens is 428 g/mol. The number of hydrogen-bond donors (Lipinski definition) is 2. The van der Waals surface area contributed by atoms with Gasteiger partial charge in [-0.05, 0) is 43.2 Å². The van der Waals surface area contributed by atoms with Crippen molar-refractivity contribution in [3.05, 3.63) is 77.2 Å². The number of pyridine rings is 2. The number of aromatic amines is 1. The van der Waals surface area contributed by atoms with E-state index in [1.807, 2.05) is 12.1 Å². The van der Waals surface area contributed by atoms with Crippen LogP contribution in [-0.4, -0.2) is 39.7 Å². The van der Waals surface area contributed by atoms with Crippen molar-refractivity contribution in [2.75, 3.05) is 18.0 Å². The molecular formula is C24H19F2N5O2. The smallest absolute Gasteiger partial charge is 0.251 e. The first-order chi connectivity index (χ1) is 15.9. The van der Waals surface area contributed by atoms with E-state index < -0.39 is 34.5 Å². The summed E-state index contributed by atoms with van der Waals surface area (Å²) in [7, 11) is 0. The lowest BCUT2D eigenvalue weighted by Crippen LogP contribution is -2.18. The number of carbonyl (C=O) groups excluding carboxylic acids is 2. The molecule has 0 bridgehead atoms. The predicted octanol–water partition coefficient (Wildman–Crippen LogP) is 3.83. The van der Waals surface area contributed by atoms with E-state index in [0.29, 0.717) is 16.6 Å². The van der Waals surface area contributed by atoms with Crippen LogP contribution < -0.4 is 10.6 Å². The number of ketones is 1. The molecule has 3 N–H and O–H groups in total. The second-order valence-electron chi connectivity index (χ2n) is 7.90. The van der Waals surface area contributed by atoms with Crippen molar-refractivity contribution >= 4 is 28.5 Å². The highest BCUT2D eigenvalue weighted by Crippen LogP contribution is 2.29. The highest BCUT2D eigenvalue weighted by Gasteiger charge is 2.26. The first kappa shape index (κ1) is 20.7. The van der Waals surface area contributed by atoms with Crippen LogP contribution in [0.1, 0.15) is 39.1 Å². The minimum atomic E-state index is -1.28. The number of H-pyrrole nitrogens is 1. The van der Waals surface area contributed by atoms with Crippen LogP contribution in [0, 0.1) is 11.6 Å². The summed E-state index contributed by atoms with van der Waals surface area (Å²) < 4.78 is 29.1. The standard InChI is InChI=1S/C24H19F2N5O2/c25-18-5-4-15(23(27)33)21(26)20(18)22(32)17-12-30-24-16(17)9-14(11-29-24)13-3-6-19(28-10-13)31-7-1-2-8-31/h3-6,9-12H,1-2,7-8H2,(H2,27,33)(H,29,30). The molecule has 4 heterocycles. The van der Waals surface area contributed by atoms with Crippen LogP contribution in [0.5, 0.6) is 0 Å². The average Bonchev–Trinajstić information content (AvgIpc) is 3.49. The highest BCUT2D eigenvalue weighted by molar-refractivity contribution is 6.17. The molecule has 0 atom stereocenters. The maximum Gasteiger partial charge on any atom is 0.251 e. The fraction of sp³-hybridized carbons (Fsp3) is 0.167. The van der Waals surface area contributed by atoms with Crippen LogP contribution in [0.15, 0.2) is 48.9 Å². The highest BCUT2D eigenvalue weighted by atomic mass is 19.1. The van der Waals surface area contributed by atoms with Gasteiger partial charge in [-0.3, -0.25) is 9.59 Å². The molecule has 33 heavy (non-hydrogen) atoms. The van der Waals surface area contributed by atoms with Gasteiger partial charge in [0.05, 0.1) is 11.1 Å². The van der Waals surface area contributed by atoms with Gasteiger partial charge in [-0.25, -0.2) is 18.7 Å². The van der Waals surface area contributed by atoms with E-state index >= 15 is 0 Å². The van der Waals surface area contributed by atoms with E-state index in [0.717, 1.165) is 49.4 Å². The summed E-state index contributed by atoms with van der Waals surface area (Å²) in [4.78, 5) is 38.5. The van der Waals surface area contributed by atoms with Crippen molar-refractivity contribution in [1.82, 2.24) is 15.0 Å². The number of nitrogens with one attached hydrogen (secondary N) is 1. The Bertz CT molecular complexity index is 1390. The Labute approximate surface area is 187 Å². The lowest BCUT2D eigenvalue weighted by atomic mass is 9.98.